The van der Waals surface area contributed by atoms with Gasteiger partial charge in [-0.05, 0) is 56.0 Å². The highest BCUT2D eigenvalue weighted by Crippen LogP contribution is 2.39. The molecule has 4 atom stereocenters. The molecule has 1 aromatic carbocycles. The van der Waals surface area contributed by atoms with E-state index in [0.29, 0.717) is 49.0 Å². The number of aliphatic hydroxyl groups is 1. The number of nitrogens with zero attached hydrogens (tertiary/aromatic N) is 5. The fourth-order valence-corrected chi connectivity index (χ4v) is 5.53. The zero-order chi connectivity index (χ0) is 23.4. The Balaban J connectivity index is 1.23. The fourth-order valence-electron chi connectivity index (χ4n) is 5.25. The molecule has 3 fully saturated rings. The fraction of sp³-hybridized carbons (Fsp3) is 0.542. The molecule has 0 radical (unpaired) electrons. The number of fused-ring (bicyclic) bond motifs is 1. The summed E-state index contributed by atoms with van der Waals surface area (Å²) < 4.78 is 22.6. The van der Waals surface area contributed by atoms with E-state index in [-0.39, 0.29) is 12.0 Å². The molecule has 3 aromatic rings. The number of hydrogen-bond acceptors (Lipinski definition) is 7. The number of aliphatic hydroxyl groups excluding tert-OH is 1. The highest BCUT2D eigenvalue weighted by atomic mass is 35.5. The van der Waals surface area contributed by atoms with Gasteiger partial charge in [0.1, 0.15) is 6.17 Å². The quantitative estimate of drug-likeness (QED) is 0.567. The van der Waals surface area contributed by atoms with Crippen LogP contribution in [-0.2, 0) is 4.74 Å². The lowest BCUT2D eigenvalue weighted by molar-refractivity contribution is 0.0352. The average Bonchev–Trinajstić information content (AvgIpc) is 3.47. The molecule has 10 heteroatoms. The van der Waals surface area contributed by atoms with Crippen molar-refractivity contribution in [1.82, 2.24) is 24.6 Å². The number of rotatable bonds is 5. The Hall–Kier alpha value is -2.33. The van der Waals surface area contributed by atoms with Gasteiger partial charge >= 0.3 is 0 Å². The standard InChI is InChI=1S/C24H28ClFN6O2/c1-13-6-14-8-27-24(30-20-9-28-32(23(20)25)15-2-3-15)29-19(14)7-17(13)16-4-5-31(10-18(16)26)21-11-34-12-22(21)33/h6-9,15-16,18,21-22,33H,2-5,10-12H2,1H3,(H,27,29,30)/t16?,18?,21?,22-/m1/s1. The molecule has 2 saturated heterocycles. The maximum absolute atomic E-state index is 15.4. The van der Waals surface area contributed by atoms with Gasteiger partial charge in [0, 0.05) is 24.0 Å². The van der Waals surface area contributed by atoms with Gasteiger partial charge in [0.2, 0.25) is 5.95 Å². The second-order valence-corrected chi connectivity index (χ2v) is 10.0. The number of likely N-dealkylation sites (tertiary alicyclic amines) is 1. The van der Waals surface area contributed by atoms with E-state index in [1.54, 1.807) is 12.4 Å². The van der Waals surface area contributed by atoms with Crippen LogP contribution in [0.4, 0.5) is 16.0 Å². The van der Waals surface area contributed by atoms with Crippen molar-refractivity contribution in [3.63, 3.8) is 0 Å². The van der Waals surface area contributed by atoms with E-state index in [4.69, 9.17) is 21.3 Å². The van der Waals surface area contributed by atoms with Crippen LogP contribution in [0.3, 0.4) is 0 Å². The van der Waals surface area contributed by atoms with Gasteiger partial charge < -0.3 is 15.2 Å². The molecule has 6 rings (SSSR count). The van der Waals surface area contributed by atoms with Crippen molar-refractivity contribution in [2.45, 2.75) is 56.5 Å². The van der Waals surface area contributed by atoms with Crippen LogP contribution in [0.5, 0.6) is 0 Å². The van der Waals surface area contributed by atoms with Crippen molar-refractivity contribution >= 4 is 34.1 Å². The molecule has 180 valence electrons. The Bertz CT molecular complexity index is 1220. The van der Waals surface area contributed by atoms with Crippen LogP contribution in [0.2, 0.25) is 5.15 Å². The Kier molecular flexibility index (Phi) is 5.68. The summed E-state index contributed by atoms with van der Waals surface area (Å²) in [4.78, 5) is 11.2. The molecule has 2 aliphatic heterocycles. The van der Waals surface area contributed by atoms with Crippen LogP contribution in [0, 0.1) is 6.92 Å². The largest absolute Gasteiger partial charge is 0.389 e. The van der Waals surface area contributed by atoms with Gasteiger partial charge in [-0.25, -0.2) is 19.0 Å². The summed E-state index contributed by atoms with van der Waals surface area (Å²) >= 11 is 6.47. The number of piperidine rings is 1. The highest BCUT2D eigenvalue weighted by Gasteiger charge is 2.38. The Labute approximate surface area is 202 Å². The van der Waals surface area contributed by atoms with Crippen molar-refractivity contribution in [2.24, 2.45) is 0 Å². The third kappa shape index (κ3) is 4.04. The van der Waals surface area contributed by atoms with Crippen LogP contribution < -0.4 is 5.32 Å². The van der Waals surface area contributed by atoms with Crippen molar-refractivity contribution in [1.29, 1.82) is 0 Å². The van der Waals surface area contributed by atoms with E-state index in [9.17, 15) is 5.11 Å². The lowest BCUT2D eigenvalue weighted by Gasteiger charge is -2.39. The van der Waals surface area contributed by atoms with E-state index in [1.165, 1.54) is 0 Å². The topological polar surface area (TPSA) is 88.3 Å². The summed E-state index contributed by atoms with van der Waals surface area (Å²) in [5.74, 6) is 0.221. The Morgan fingerprint density at radius 1 is 1.21 bits per heavy atom. The van der Waals surface area contributed by atoms with E-state index in [2.05, 4.69) is 15.4 Å². The molecular formula is C24H28ClFN6O2. The van der Waals surface area contributed by atoms with Crippen molar-refractivity contribution in [3.8, 4) is 0 Å². The van der Waals surface area contributed by atoms with Crippen molar-refractivity contribution < 1.29 is 14.2 Å². The lowest BCUT2D eigenvalue weighted by Crippen LogP contribution is -2.50. The zero-order valence-corrected chi connectivity index (χ0v) is 19.7. The molecule has 8 nitrogen and oxygen atoms in total. The number of aromatic nitrogens is 4. The van der Waals surface area contributed by atoms with Gasteiger partial charge in [0.05, 0.1) is 48.8 Å². The summed E-state index contributed by atoms with van der Waals surface area (Å²) in [7, 11) is 0. The van der Waals surface area contributed by atoms with E-state index >= 15 is 4.39 Å². The number of hydrogen-bond donors (Lipinski definition) is 2. The highest BCUT2D eigenvalue weighted by molar-refractivity contribution is 6.32. The van der Waals surface area contributed by atoms with Gasteiger partial charge in [-0.3, -0.25) is 4.90 Å². The predicted molar refractivity (Wildman–Crippen MR) is 128 cm³/mol. The summed E-state index contributed by atoms with van der Waals surface area (Å²) in [5.41, 5.74) is 3.45. The van der Waals surface area contributed by atoms with Crippen LogP contribution >= 0.6 is 11.6 Å². The minimum absolute atomic E-state index is 0.116. The smallest absolute Gasteiger partial charge is 0.227 e. The Morgan fingerprint density at radius 2 is 2.06 bits per heavy atom. The third-order valence-corrected chi connectivity index (χ3v) is 7.68. The summed E-state index contributed by atoms with van der Waals surface area (Å²) in [6.45, 7) is 3.83. The first-order chi connectivity index (χ1) is 16.5. The number of ether oxygens (including phenoxy) is 1. The zero-order valence-electron chi connectivity index (χ0n) is 19.0. The molecule has 2 N–H and O–H groups in total. The number of aryl methyl sites for hydroxylation is 1. The van der Waals surface area contributed by atoms with Gasteiger partial charge in [0.15, 0.2) is 5.15 Å². The molecule has 4 heterocycles. The van der Waals surface area contributed by atoms with Gasteiger partial charge in [-0.15, -0.1) is 0 Å². The maximum atomic E-state index is 15.4. The average molecular weight is 487 g/mol. The molecule has 1 aliphatic carbocycles. The van der Waals surface area contributed by atoms with E-state index < -0.39 is 12.3 Å². The number of benzene rings is 1. The first kappa shape index (κ1) is 22.2. The molecular weight excluding hydrogens is 459 g/mol. The Morgan fingerprint density at radius 3 is 2.79 bits per heavy atom. The van der Waals surface area contributed by atoms with Gasteiger partial charge in [0.25, 0.3) is 0 Å². The minimum Gasteiger partial charge on any atom is -0.389 e. The minimum atomic E-state index is -1.02. The molecule has 1 saturated carbocycles. The van der Waals surface area contributed by atoms with Crippen LogP contribution in [0.25, 0.3) is 10.9 Å². The second-order valence-electron chi connectivity index (χ2n) is 9.69. The van der Waals surface area contributed by atoms with Gasteiger partial charge in [-0.2, -0.15) is 5.10 Å². The van der Waals surface area contributed by atoms with Gasteiger partial charge in [-0.1, -0.05) is 11.6 Å². The number of nitrogens with one attached hydrogen (secondary N) is 1. The molecule has 34 heavy (non-hydrogen) atoms. The number of anilines is 2. The van der Waals surface area contributed by atoms with E-state index in [0.717, 1.165) is 41.4 Å². The third-order valence-electron chi connectivity index (χ3n) is 7.30. The second kappa shape index (κ2) is 8.71. The lowest BCUT2D eigenvalue weighted by atomic mass is 9.84. The van der Waals surface area contributed by atoms with Crippen LogP contribution in [0.15, 0.2) is 24.5 Å². The van der Waals surface area contributed by atoms with Crippen LogP contribution in [-0.4, -0.2) is 74.4 Å². The molecule has 3 aliphatic rings. The molecule has 0 spiro atoms. The summed E-state index contributed by atoms with van der Waals surface area (Å²) in [6, 6.07) is 4.29. The van der Waals surface area contributed by atoms with Crippen molar-refractivity contribution in [3.05, 3.63) is 40.8 Å². The monoisotopic (exact) mass is 486 g/mol. The summed E-state index contributed by atoms with van der Waals surface area (Å²) in [6.07, 6.45) is 4.78. The number of alkyl halides is 1. The molecule has 0 amide bonds. The number of halogens is 2. The van der Waals surface area contributed by atoms with Crippen molar-refractivity contribution in [2.75, 3.05) is 31.6 Å². The SMILES string of the molecule is Cc1cc2cnc(Nc3cnn(C4CC4)c3Cl)nc2cc1C1CCN(C2COC[C@H]2O)CC1F. The first-order valence-electron chi connectivity index (χ1n) is 11.9. The van der Waals surface area contributed by atoms with E-state index in [1.807, 2.05) is 28.6 Å². The van der Waals surface area contributed by atoms with Crippen LogP contribution in [0.1, 0.15) is 42.3 Å². The summed E-state index contributed by atoms with van der Waals surface area (Å²) in [5, 5.41) is 19.1. The first-order valence-corrected chi connectivity index (χ1v) is 12.3. The molecule has 0 bridgehead atoms. The molecule has 3 unspecified atom stereocenters. The molecule has 2 aromatic heterocycles. The normalized spacial score (nSPS) is 28.0. The predicted octanol–water partition coefficient (Wildman–Crippen LogP) is 3.75. The maximum Gasteiger partial charge on any atom is 0.227 e.